The molecule has 1 heterocycles. The first kappa shape index (κ1) is 25.9. The number of guanidine groups is 1. The maximum Gasteiger partial charge on any atom is 0.191 e. The van der Waals surface area contributed by atoms with Gasteiger partial charge in [-0.1, -0.05) is 6.07 Å². The van der Waals surface area contributed by atoms with Gasteiger partial charge in [0.05, 0.1) is 12.2 Å². The van der Waals surface area contributed by atoms with Crippen LogP contribution in [-0.2, 0) is 6.54 Å². The number of anilines is 1. The third-order valence-corrected chi connectivity index (χ3v) is 5.48. The third-order valence-electron chi connectivity index (χ3n) is 5.48. The zero-order valence-corrected chi connectivity index (χ0v) is 21.0. The molecule has 0 aliphatic carbocycles. The molecule has 2 N–H and O–H groups in total. The van der Waals surface area contributed by atoms with Crippen LogP contribution in [0.4, 0.5) is 10.1 Å². The van der Waals surface area contributed by atoms with Crippen LogP contribution < -0.4 is 15.5 Å². The number of benzene rings is 1. The van der Waals surface area contributed by atoms with Gasteiger partial charge in [-0.15, -0.1) is 24.0 Å². The molecule has 7 heteroatoms. The highest BCUT2D eigenvalue weighted by Gasteiger charge is 2.21. The monoisotopic (exact) mass is 519 g/mol. The Morgan fingerprint density at radius 3 is 2.38 bits per heavy atom. The minimum absolute atomic E-state index is 0. The fraction of sp³-hybridized carbons (Fsp3) is 0.682. The Balaban J connectivity index is 0.00000420. The summed E-state index contributed by atoms with van der Waals surface area (Å²) in [5.74, 6) is 0.647. The Hall–Kier alpha value is -1.09. The first-order valence-corrected chi connectivity index (χ1v) is 10.8. The van der Waals surface area contributed by atoms with Crippen LogP contribution in [0.3, 0.4) is 0 Å². The number of piperidine rings is 1. The first-order chi connectivity index (χ1) is 13.5. The van der Waals surface area contributed by atoms with Gasteiger partial charge in [-0.2, -0.15) is 0 Å². The van der Waals surface area contributed by atoms with Crippen LogP contribution in [0.25, 0.3) is 0 Å². The highest BCUT2D eigenvalue weighted by molar-refractivity contribution is 14.0. The molecule has 0 bridgehead atoms. The summed E-state index contributed by atoms with van der Waals surface area (Å²) in [7, 11) is 0. The Morgan fingerprint density at radius 2 is 1.86 bits per heavy atom. The predicted molar refractivity (Wildman–Crippen MR) is 133 cm³/mol. The number of nitrogens with one attached hydrogen (secondary N) is 2. The van der Waals surface area contributed by atoms with Crippen molar-refractivity contribution in [2.45, 2.75) is 66.1 Å². The van der Waals surface area contributed by atoms with Crippen LogP contribution in [0, 0.1) is 5.82 Å². The predicted octanol–water partition coefficient (Wildman–Crippen LogP) is 4.22. The van der Waals surface area contributed by atoms with Crippen molar-refractivity contribution in [3.63, 3.8) is 0 Å². The second-order valence-corrected chi connectivity index (χ2v) is 7.70. The van der Waals surface area contributed by atoms with Crippen molar-refractivity contribution in [3.8, 4) is 0 Å². The number of hydrogen-bond acceptors (Lipinski definition) is 3. The number of rotatable bonds is 8. The van der Waals surface area contributed by atoms with Gasteiger partial charge in [-0.25, -0.2) is 9.38 Å². The molecule has 166 valence electrons. The van der Waals surface area contributed by atoms with E-state index in [0.717, 1.165) is 57.1 Å². The van der Waals surface area contributed by atoms with E-state index in [1.54, 1.807) is 6.07 Å². The molecule has 0 unspecified atom stereocenters. The normalized spacial score (nSPS) is 15.9. The zero-order valence-electron chi connectivity index (χ0n) is 18.7. The van der Waals surface area contributed by atoms with Crippen molar-refractivity contribution in [3.05, 3.63) is 29.6 Å². The van der Waals surface area contributed by atoms with Crippen molar-refractivity contribution >= 4 is 35.6 Å². The van der Waals surface area contributed by atoms with E-state index in [9.17, 15) is 4.39 Å². The van der Waals surface area contributed by atoms with Crippen molar-refractivity contribution in [1.29, 1.82) is 0 Å². The van der Waals surface area contributed by atoms with Crippen LogP contribution in [0.1, 0.15) is 53.0 Å². The average Bonchev–Trinajstić information content (AvgIpc) is 2.69. The second kappa shape index (κ2) is 13.3. The molecule has 0 saturated carbocycles. The van der Waals surface area contributed by atoms with Gasteiger partial charge < -0.3 is 20.4 Å². The summed E-state index contributed by atoms with van der Waals surface area (Å²) in [5, 5.41) is 6.88. The summed E-state index contributed by atoms with van der Waals surface area (Å²) in [4.78, 5) is 9.23. The first-order valence-electron chi connectivity index (χ1n) is 10.8. The maximum absolute atomic E-state index is 14.5. The second-order valence-electron chi connectivity index (χ2n) is 7.70. The van der Waals surface area contributed by atoms with Gasteiger partial charge in [0.1, 0.15) is 5.82 Å². The van der Waals surface area contributed by atoms with E-state index in [0.29, 0.717) is 24.3 Å². The summed E-state index contributed by atoms with van der Waals surface area (Å²) < 4.78 is 14.5. The lowest BCUT2D eigenvalue weighted by Crippen LogP contribution is -2.49. The molecular weight excluding hydrogens is 480 g/mol. The van der Waals surface area contributed by atoms with E-state index in [1.807, 2.05) is 30.9 Å². The molecule has 0 atom stereocenters. The molecule has 29 heavy (non-hydrogen) atoms. The van der Waals surface area contributed by atoms with Crippen molar-refractivity contribution in [2.75, 3.05) is 37.6 Å². The summed E-state index contributed by atoms with van der Waals surface area (Å²) in [6.45, 7) is 15.8. The lowest BCUT2D eigenvalue weighted by atomic mass is 10.0. The zero-order chi connectivity index (χ0) is 20.5. The molecule has 1 aromatic carbocycles. The lowest BCUT2D eigenvalue weighted by Gasteiger charge is -2.35. The molecule has 1 fully saturated rings. The quantitative estimate of drug-likeness (QED) is 0.307. The SMILES string of the molecule is CCNC(=NCc1ccc(N(CC)CC)c(F)c1)NC1CCN(C(C)C)CC1.I. The largest absolute Gasteiger partial charge is 0.370 e. The molecule has 1 aromatic rings. The number of hydrogen-bond donors (Lipinski definition) is 2. The van der Waals surface area contributed by atoms with Crippen LogP contribution in [-0.4, -0.2) is 55.7 Å². The number of likely N-dealkylation sites (tertiary alicyclic amines) is 1. The molecule has 0 radical (unpaired) electrons. The maximum atomic E-state index is 14.5. The van der Waals surface area contributed by atoms with Crippen molar-refractivity contribution < 1.29 is 4.39 Å². The molecular formula is C22H39FIN5. The van der Waals surface area contributed by atoms with Gasteiger partial charge in [0.2, 0.25) is 0 Å². The summed E-state index contributed by atoms with van der Waals surface area (Å²) in [6, 6.07) is 6.51. The molecule has 0 spiro atoms. The third kappa shape index (κ3) is 7.92. The minimum Gasteiger partial charge on any atom is -0.370 e. The highest BCUT2D eigenvalue weighted by atomic mass is 127. The molecule has 0 amide bonds. The van der Waals surface area contributed by atoms with E-state index < -0.39 is 0 Å². The van der Waals surface area contributed by atoms with Crippen LogP contribution in [0.2, 0.25) is 0 Å². The van der Waals surface area contributed by atoms with E-state index in [4.69, 9.17) is 0 Å². The van der Waals surface area contributed by atoms with Crippen molar-refractivity contribution in [1.82, 2.24) is 15.5 Å². The van der Waals surface area contributed by atoms with Gasteiger partial charge >= 0.3 is 0 Å². The van der Waals surface area contributed by atoms with Gasteiger partial charge in [0.15, 0.2) is 5.96 Å². The minimum atomic E-state index is -0.171. The van der Waals surface area contributed by atoms with Gasteiger partial charge in [-0.05, 0) is 65.2 Å². The lowest BCUT2D eigenvalue weighted by molar-refractivity contribution is 0.167. The topological polar surface area (TPSA) is 42.9 Å². The fourth-order valence-electron chi connectivity index (χ4n) is 3.71. The fourth-order valence-corrected chi connectivity index (χ4v) is 3.71. The van der Waals surface area contributed by atoms with E-state index >= 15 is 0 Å². The smallest absolute Gasteiger partial charge is 0.191 e. The molecule has 5 nitrogen and oxygen atoms in total. The molecule has 0 aromatic heterocycles. The summed E-state index contributed by atoms with van der Waals surface area (Å²) in [5.41, 5.74) is 1.56. The summed E-state index contributed by atoms with van der Waals surface area (Å²) in [6.07, 6.45) is 2.24. The Bertz CT molecular complexity index is 626. The van der Waals surface area contributed by atoms with E-state index in [2.05, 4.69) is 41.3 Å². The Morgan fingerprint density at radius 1 is 1.21 bits per heavy atom. The van der Waals surface area contributed by atoms with E-state index in [-0.39, 0.29) is 29.8 Å². The standard InChI is InChI=1S/C22H38FN5.HI/c1-6-24-22(26-19-11-13-28(14-12-19)17(4)5)25-16-18-9-10-21(20(23)15-18)27(7-2)8-3;/h9-10,15,17,19H,6-8,11-14,16H2,1-5H3,(H2,24,25,26);1H. The van der Waals surface area contributed by atoms with Gasteiger partial charge in [0, 0.05) is 44.8 Å². The van der Waals surface area contributed by atoms with Crippen LogP contribution in [0.15, 0.2) is 23.2 Å². The van der Waals surface area contributed by atoms with Gasteiger partial charge in [-0.3, -0.25) is 0 Å². The number of nitrogens with zero attached hydrogens (tertiary/aromatic N) is 3. The molecule has 1 aliphatic heterocycles. The summed E-state index contributed by atoms with van der Waals surface area (Å²) >= 11 is 0. The number of aliphatic imine (C=N–C) groups is 1. The highest BCUT2D eigenvalue weighted by Crippen LogP contribution is 2.21. The Kier molecular flexibility index (Phi) is 11.9. The van der Waals surface area contributed by atoms with Crippen LogP contribution >= 0.6 is 24.0 Å². The molecule has 1 aliphatic rings. The number of halogens is 2. The van der Waals surface area contributed by atoms with E-state index in [1.165, 1.54) is 0 Å². The molecule has 2 rings (SSSR count). The van der Waals surface area contributed by atoms with Crippen molar-refractivity contribution in [2.24, 2.45) is 4.99 Å². The van der Waals surface area contributed by atoms with Crippen LogP contribution in [0.5, 0.6) is 0 Å². The molecule has 1 saturated heterocycles. The average molecular weight is 519 g/mol. The Labute approximate surface area is 193 Å². The van der Waals surface area contributed by atoms with Gasteiger partial charge in [0.25, 0.3) is 0 Å².